The monoisotopic (exact) mass is 257 g/mol. The van der Waals surface area contributed by atoms with E-state index in [1.807, 2.05) is 13.8 Å². The Hall–Kier alpha value is -0.610. The molecule has 0 radical (unpaired) electrons. The molecule has 0 fully saturated rings. The molecule has 0 rings (SSSR count). The summed E-state index contributed by atoms with van der Waals surface area (Å²) in [5.41, 5.74) is -0.0972. The van der Waals surface area contributed by atoms with Crippen molar-refractivity contribution >= 4 is 5.91 Å². The Kier molecular flexibility index (Phi) is 9.02. The second-order valence-electron chi connectivity index (χ2n) is 5.34. The van der Waals surface area contributed by atoms with Crippen LogP contribution in [0.1, 0.15) is 47.5 Å². The van der Waals surface area contributed by atoms with Gasteiger partial charge in [0.15, 0.2) is 0 Å². The second kappa shape index (κ2) is 9.34. The lowest BCUT2D eigenvalue weighted by atomic mass is 10.0. The van der Waals surface area contributed by atoms with Crippen LogP contribution in [0.2, 0.25) is 0 Å². The zero-order chi connectivity index (χ0) is 14.0. The third kappa shape index (κ3) is 8.48. The fraction of sp³-hybridized carbons (Fsp3) is 0.929. The fourth-order valence-corrected chi connectivity index (χ4v) is 1.68. The molecule has 0 bridgehead atoms. The van der Waals surface area contributed by atoms with Crippen LogP contribution in [0.3, 0.4) is 0 Å². The van der Waals surface area contributed by atoms with Crippen LogP contribution in [0.25, 0.3) is 0 Å². The van der Waals surface area contributed by atoms with E-state index in [0.29, 0.717) is 6.54 Å². The molecule has 0 spiro atoms. The Morgan fingerprint density at radius 1 is 1.17 bits per heavy atom. The van der Waals surface area contributed by atoms with Crippen molar-refractivity contribution in [1.29, 1.82) is 0 Å². The van der Waals surface area contributed by atoms with Gasteiger partial charge in [0.2, 0.25) is 5.91 Å². The van der Waals surface area contributed by atoms with Crippen molar-refractivity contribution in [2.75, 3.05) is 32.7 Å². The van der Waals surface area contributed by atoms with Gasteiger partial charge in [0.05, 0.1) is 6.54 Å². The molecule has 0 aliphatic carbocycles. The van der Waals surface area contributed by atoms with Gasteiger partial charge < -0.3 is 15.5 Å². The number of hydrogen-bond acceptors (Lipinski definition) is 3. The number of hydrogen-bond donors (Lipinski definition) is 2. The summed E-state index contributed by atoms with van der Waals surface area (Å²) in [6.07, 6.45) is 2.03. The maximum atomic E-state index is 11.6. The van der Waals surface area contributed by atoms with Crippen LogP contribution in [0.5, 0.6) is 0 Å². The van der Waals surface area contributed by atoms with E-state index in [1.54, 1.807) is 0 Å². The van der Waals surface area contributed by atoms with Gasteiger partial charge in [-0.15, -0.1) is 0 Å². The van der Waals surface area contributed by atoms with Gasteiger partial charge in [-0.25, -0.2) is 0 Å². The Morgan fingerprint density at radius 2 is 1.78 bits per heavy atom. The third-order valence-electron chi connectivity index (χ3n) is 3.37. The summed E-state index contributed by atoms with van der Waals surface area (Å²) in [5, 5.41) is 6.21. The highest BCUT2D eigenvalue weighted by Crippen LogP contribution is 2.05. The Morgan fingerprint density at radius 3 is 2.28 bits per heavy atom. The molecule has 18 heavy (non-hydrogen) atoms. The minimum Gasteiger partial charge on any atom is -0.350 e. The van der Waals surface area contributed by atoms with Gasteiger partial charge in [-0.3, -0.25) is 4.79 Å². The van der Waals surface area contributed by atoms with E-state index in [-0.39, 0.29) is 11.4 Å². The van der Waals surface area contributed by atoms with Gasteiger partial charge in [0, 0.05) is 5.54 Å². The summed E-state index contributed by atoms with van der Waals surface area (Å²) in [7, 11) is 0. The zero-order valence-electron chi connectivity index (χ0n) is 12.8. The summed E-state index contributed by atoms with van der Waals surface area (Å²) >= 11 is 0. The molecule has 0 heterocycles. The maximum Gasteiger partial charge on any atom is 0.234 e. The molecule has 0 aliphatic heterocycles. The van der Waals surface area contributed by atoms with Crippen molar-refractivity contribution in [1.82, 2.24) is 15.5 Å². The molecule has 0 saturated carbocycles. The molecule has 0 atom stereocenters. The number of rotatable bonds is 10. The number of amides is 1. The van der Waals surface area contributed by atoms with Gasteiger partial charge in [0.25, 0.3) is 0 Å². The molecule has 0 aromatic rings. The van der Waals surface area contributed by atoms with Gasteiger partial charge in [-0.2, -0.15) is 0 Å². The highest BCUT2D eigenvalue weighted by Gasteiger charge is 2.16. The van der Waals surface area contributed by atoms with E-state index in [1.165, 1.54) is 0 Å². The average molecular weight is 257 g/mol. The van der Waals surface area contributed by atoms with E-state index in [9.17, 15) is 4.79 Å². The lowest BCUT2D eigenvalue weighted by Gasteiger charge is -2.24. The molecular formula is C14H31N3O. The molecular weight excluding hydrogens is 226 g/mol. The first-order chi connectivity index (χ1) is 8.45. The standard InChI is InChI=1S/C14H31N3O/c1-6-14(4,5)16-13(18)12-15-10-9-11-17(7-2)8-3/h15H,6-12H2,1-5H3,(H,16,18). The molecule has 0 saturated heterocycles. The zero-order valence-corrected chi connectivity index (χ0v) is 12.8. The first-order valence-electron chi connectivity index (χ1n) is 7.19. The van der Waals surface area contributed by atoms with E-state index >= 15 is 0 Å². The summed E-state index contributed by atoms with van der Waals surface area (Å²) in [6, 6.07) is 0. The van der Waals surface area contributed by atoms with Crippen molar-refractivity contribution in [3.05, 3.63) is 0 Å². The lowest BCUT2D eigenvalue weighted by Crippen LogP contribution is -2.46. The average Bonchev–Trinajstić information content (AvgIpc) is 2.33. The largest absolute Gasteiger partial charge is 0.350 e. The molecule has 108 valence electrons. The predicted octanol–water partition coefficient (Wildman–Crippen LogP) is 1.61. The summed E-state index contributed by atoms with van der Waals surface area (Å²) in [6.45, 7) is 15.1. The van der Waals surface area contributed by atoms with E-state index < -0.39 is 0 Å². The van der Waals surface area contributed by atoms with E-state index in [4.69, 9.17) is 0 Å². The molecule has 0 unspecified atom stereocenters. The quantitative estimate of drug-likeness (QED) is 0.585. The van der Waals surface area contributed by atoms with Crippen molar-refractivity contribution in [2.24, 2.45) is 0 Å². The molecule has 0 aromatic heterocycles. The van der Waals surface area contributed by atoms with Crippen LogP contribution in [-0.4, -0.2) is 49.1 Å². The molecule has 4 nitrogen and oxygen atoms in total. The SMILES string of the molecule is CCN(CC)CCCNCC(=O)NC(C)(C)CC. The maximum absolute atomic E-state index is 11.6. The minimum absolute atomic E-state index is 0.0877. The van der Waals surface area contributed by atoms with Crippen LogP contribution in [-0.2, 0) is 4.79 Å². The van der Waals surface area contributed by atoms with Crippen LogP contribution < -0.4 is 10.6 Å². The highest BCUT2D eigenvalue weighted by molar-refractivity contribution is 5.78. The first-order valence-corrected chi connectivity index (χ1v) is 7.19. The fourth-order valence-electron chi connectivity index (χ4n) is 1.68. The molecule has 0 aromatic carbocycles. The summed E-state index contributed by atoms with van der Waals surface area (Å²) < 4.78 is 0. The van der Waals surface area contributed by atoms with E-state index in [0.717, 1.165) is 39.0 Å². The van der Waals surface area contributed by atoms with Crippen molar-refractivity contribution in [2.45, 2.75) is 53.0 Å². The molecule has 1 amide bonds. The number of carbonyl (C=O) groups is 1. The topological polar surface area (TPSA) is 44.4 Å². The Labute approximate surface area is 113 Å². The normalized spacial score (nSPS) is 11.9. The highest BCUT2D eigenvalue weighted by atomic mass is 16.2. The van der Waals surface area contributed by atoms with Gasteiger partial charge >= 0.3 is 0 Å². The minimum atomic E-state index is -0.0972. The number of nitrogens with zero attached hydrogens (tertiary/aromatic N) is 1. The van der Waals surface area contributed by atoms with Crippen LogP contribution in [0.4, 0.5) is 0 Å². The van der Waals surface area contributed by atoms with Gasteiger partial charge in [0.1, 0.15) is 0 Å². The Bertz CT molecular complexity index is 225. The van der Waals surface area contributed by atoms with Crippen LogP contribution in [0.15, 0.2) is 0 Å². The molecule has 2 N–H and O–H groups in total. The first kappa shape index (κ1) is 17.4. The van der Waals surface area contributed by atoms with Crippen LogP contribution in [0, 0.1) is 0 Å². The van der Waals surface area contributed by atoms with Gasteiger partial charge in [-0.1, -0.05) is 20.8 Å². The number of nitrogens with one attached hydrogen (secondary N) is 2. The smallest absolute Gasteiger partial charge is 0.234 e. The third-order valence-corrected chi connectivity index (χ3v) is 3.37. The van der Waals surface area contributed by atoms with Crippen molar-refractivity contribution in [3.63, 3.8) is 0 Å². The van der Waals surface area contributed by atoms with Crippen molar-refractivity contribution < 1.29 is 4.79 Å². The van der Waals surface area contributed by atoms with Crippen molar-refractivity contribution in [3.8, 4) is 0 Å². The van der Waals surface area contributed by atoms with Crippen LogP contribution >= 0.6 is 0 Å². The molecule has 0 aliphatic rings. The summed E-state index contributed by atoms with van der Waals surface area (Å²) in [5.74, 6) is 0.0877. The van der Waals surface area contributed by atoms with Gasteiger partial charge in [-0.05, 0) is 52.9 Å². The second-order valence-corrected chi connectivity index (χ2v) is 5.34. The lowest BCUT2D eigenvalue weighted by molar-refractivity contribution is -0.121. The predicted molar refractivity (Wildman–Crippen MR) is 77.8 cm³/mol. The van der Waals surface area contributed by atoms with E-state index in [2.05, 4.69) is 36.3 Å². The number of carbonyl (C=O) groups excluding carboxylic acids is 1. The molecule has 4 heteroatoms. The Balaban J connectivity index is 3.58. The summed E-state index contributed by atoms with van der Waals surface area (Å²) in [4.78, 5) is 14.0.